The molecule has 0 aliphatic carbocycles. The fourth-order valence-corrected chi connectivity index (χ4v) is 1.28. The van der Waals surface area contributed by atoms with Gasteiger partial charge in [0, 0.05) is 5.69 Å². The van der Waals surface area contributed by atoms with Gasteiger partial charge in [0.1, 0.15) is 6.33 Å². The van der Waals surface area contributed by atoms with Gasteiger partial charge in [-0.3, -0.25) is 5.73 Å². The highest BCUT2D eigenvalue weighted by Crippen LogP contribution is 2.19. The molecular formula is C10H11N4. The van der Waals surface area contributed by atoms with Crippen LogP contribution in [-0.2, 0) is 0 Å². The maximum atomic E-state index is 7.55. The number of aromatic nitrogens is 3. The third-order valence-electron chi connectivity index (χ3n) is 2.11. The highest BCUT2D eigenvalue weighted by Gasteiger charge is 2.05. The number of nitrogens with one attached hydrogen (secondary N) is 1. The maximum Gasteiger partial charge on any atom is 0.164 e. The summed E-state index contributed by atoms with van der Waals surface area (Å²) in [6.45, 7) is 4.16. The summed E-state index contributed by atoms with van der Waals surface area (Å²) >= 11 is 0. The Bertz CT molecular complexity index is 465. The summed E-state index contributed by atoms with van der Waals surface area (Å²) < 4.78 is 0. The van der Waals surface area contributed by atoms with Crippen LogP contribution in [0, 0.1) is 0 Å². The summed E-state index contributed by atoms with van der Waals surface area (Å²) in [4.78, 5) is 12.2. The van der Waals surface area contributed by atoms with Crippen molar-refractivity contribution in [2.24, 2.45) is 0 Å². The first-order chi connectivity index (χ1) is 6.68. The van der Waals surface area contributed by atoms with Crippen molar-refractivity contribution in [2.45, 2.75) is 19.8 Å². The lowest BCUT2D eigenvalue weighted by Crippen LogP contribution is -1.95. The van der Waals surface area contributed by atoms with Crippen molar-refractivity contribution in [3.05, 3.63) is 24.2 Å². The molecule has 0 saturated heterocycles. The Balaban J connectivity index is 2.67. The summed E-state index contributed by atoms with van der Waals surface area (Å²) in [7, 11) is 0. The summed E-state index contributed by atoms with van der Waals surface area (Å²) in [5, 5.41) is 0.705. The highest BCUT2D eigenvalue weighted by molar-refractivity contribution is 5.83. The molecule has 0 saturated carbocycles. The molecule has 71 valence electrons. The van der Waals surface area contributed by atoms with Crippen LogP contribution >= 0.6 is 0 Å². The smallest absolute Gasteiger partial charge is 0.164 e. The summed E-state index contributed by atoms with van der Waals surface area (Å²) in [6.07, 6.45) is 1.38. The lowest BCUT2D eigenvalue weighted by Gasteiger charge is -2.05. The fraction of sp³-hybridized carbons (Fsp3) is 0.300. The van der Waals surface area contributed by atoms with Crippen LogP contribution in [0.15, 0.2) is 18.5 Å². The molecule has 1 N–H and O–H groups in total. The van der Waals surface area contributed by atoms with Gasteiger partial charge in [-0.15, -0.1) is 0 Å². The average Bonchev–Trinajstić information content (AvgIpc) is 2.17. The van der Waals surface area contributed by atoms with Gasteiger partial charge in [0.05, 0.1) is 5.39 Å². The zero-order valence-corrected chi connectivity index (χ0v) is 8.15. The number of hydrogen-bond acceptors (Lipinski definition) is 3. The van der Waals surface area contributed by atoms with Crippen LogP contribution in [-0.4, -0.2) is 15.0 Å². The van der Waals surface area contributed by atoms with Crippen LogP contribution in [0.4, 0.5) is 5.82 Å². The Hall–Kier alpha value is -1.71. The van der Waals surface area contributed by atoms with Crippen molar-refractivity contribution < 1.29 is 0 Å². The Morgan fingerprint density at radius 3 is 2.71 bits per heavy atom. The molecular weight excluding hydrogens is 176 g/mol. The van der Waals surface area contributed by atoms with E-state index in [1.54, 1.807) is 0 Å². The van der Waals surface area contributed by atoms with Crippen LogP contribution in [0.3, 0.4) is 0 Å². The van der Waals surface area contributed by atoms with E-state index >= 15 is 0 Å². The van der Waals surface area contributed by atoms with E-state index in [1.807, 2.05) is 12.1 Å². The molecule has 0 amide bonds. The number of pyridine rings is 1. The summed E-state index contributed by atoms with van der Waals surface area (Å²) in [6, 6.07) is 3.79. The van der Waals surface area contributed by atoms with Crippen LogP contribution < -0.4 is 5.73 Å². The molecule has 1 radical (unpaired) electrons. The Labute approximate surface area is 82.2 Å². The molecule has 14 heavy (non-hydrogen) atoms. The van der Waals surface area contributed by atoms with E-state index < -0.39 is 0 Å². The van der Waals surface area contributed by atoms with Crippen molar-refractivity contribution in [2.75, 3.05) is 0 Å². The number of rotatable bonds is 1. The predicted octanol–water partition coefficient (Wildman–Crippen LogP) is 2.06. The maximum absolute atomic E-state index is 7.55. The molecule has 0 aliphatic rings. The van der Waals surface area contributed by atoms with Gasteiger partial charge in [-0.25, -0.2) is 15.0 Å². The predicted molar refractivity (Wildman–Crippen MR) is 54.2 cm³/mol. The molecule has 2 heterocycles. The lowest BCUT2D eigenvalue weighted by molar-refractivity contribution is 0.827. The van der Waals surface area contributed by atoms with Crippen molar-refractivity contribution in [1.82, 2.24) is 20.7 Å². The van der Waals surface area contributed by atoms with Crippen molar-refractivity contribution in [1.29, 1.82) is 0 Å². The third kappa shape index (κ3) is 1.39. The van der Waals surface area contributed by atoms with E-state index in [0.29, 0.717) is 17.0 Å². The molecule has 2 aromatic heterocycles. The number of fused-ring (bicyclic) bond motifs is 1. The van der Waals surface area contributed by atoms with E-state index in [0.717, 1.165) is 5.69 Å². The van der Waals surface area contributed by atoms with E-state index in [1.165, 1.54) is 6.33 Å². The van der Waals surface area contributed by atoms with Gasteiger partial charge < -0.3 is 0 Å². The zero-order chi connectivity index (χ0) is 10.1. The Kier molecular flexibility index (Phi) is 2.04. The molecule has 2 rings (SSSR count). The van der Waals surface area contributed by atoms with Gasteiger partial charge in [0.15, 0.2) is 11.5 Å². The molecule has 0 bridgehead atoms. The molecule has 0 aromatic carbocycles. The second kappa shape index (κ2) is 3.21. The monoisotopic (exact) mass is 187 g/mol. The SMILES string of the molecule is CC(C)c1ccc2c([NH])ncnc2n1. The Morgan fingerprint density at radius 2 is 2.00 bits per heavy atom. The number of nitrogens with zero attached hydrogens (tertiary/aromatic N) is 3. The van der Waals surface area contributed by atoms with Gasteiger partial charge in [-0.2, -0.15) is 0 Å². The van der Waals surface area contributed by atoms with E-state index in [-0.39, 0.29) is 5.82 Å². The first-order valence-electron chi connectivity index (χ1n) is 4.51. The number of hydrogen-bond donors (Lipinski definition) is 0. The van der Waals surface area contributed by atoms with E-state index in [9.17, 15) is 0 Å². The molecule has 4 nitrogen and oxygen atoms in total. The first-order valence-corrected chi connectivity index (χ1v) is 4.51. The van der Waals surface area contributed by atoms with Crippen molar-refractivity contribution in [3.8, 4) is 0 Å². The van der Waals surface area contributed by atoms with Gasteiger partial charge in [-0.1, -0.05) is 13.8 Å². The minimum Gasteiger partial charge on any atom is -0.282 e. The molecule has 4 heteroatoms. The zero-order valence-electron chi connectivity index (χ0n) is 8.15. The normalized spacial score (nSPS) is 11.1. The molecule has 0 aliphatic heterocycles. The van der Waals surface area contributed by atoms with E-state index in [4.69, 9.17) is 5.73 Å². The largest absolute Gasteiger partial charge is 0.282 e. The van der Waals surface area contributed by atoms with Gasteiger partial charge >= 0.3 is 0 Å². The van der Waals surface area contributed by atoms with Crippen LogP contribution in [0.25, 0.3) is 11.0 Å². The van der Waals surface area contributed by atoms with Gasteiger partial charge in [-0.05, 0) is 18.1 Å². The van der Waals surface area contributed by atoms with E-state index in [2.05, 4.69) is 28.8 Å². The lowest BCUT2D eigenvalue weighted by atomic mass is 10.1. The quantitative estimate of drug-likeness (QED) is 0.686. The average molecular weight is 187 g/mol. The van der Waals surface area contributed by atoms with Crippen molar-refractivity contribution >= 4 is 16.9 Å². The minimum absolute atomic E-state index is 0.234. The highest BCUT2D eigenvalue weighted by atomic mass is 15.0. The van der Waals surface area contributed by atoms with Crippen LogP contribution in [0.5, 0.6) is 0 Å². The third-order valence-corrected chi connectivity index (χ3v) is 2.11. The molecule has 0 spiro atoms. The van der Waals surface area contributed by atoms with Crippen LogP contribution in [0.2, 0.25) is 0 Å². The first kappa shape index (κ1) is 8.87. The van der Waals surface area contributed by atoms with Gasteiger partial charge in [0.2, 0.25) is 0 Å². The Morgan fingerprint density at radius 1 is 1.21 bits per heavy atom. The standard InChI is InChI=1S/C10H11N4/c1-6(2)8-4-3-7-9(11)12-5-13-10(7)14-8/h3-6,11H,1-2H3. The second-order valence-corrected chi connectivity index (χ2v) is 3.48. The summed E-state index contributed by atoms with van der Waals surface area (Å²) in [5.41, 5.74) is 9.15. The second-order valence-electron chi connectivity index (χ2n) is 3.48. The van der Waals surface area contributed by atoms with Gasteiger partial charge in [0.25, 0.3) is 0 Å². The molecule has 0 unspecified atom stereocenters. The topological polar surface area (TPSA) is 62.5 Å². The summed E-state index contributed by atoms with van der Waals surface area (Å²) in [5.74, 6) is 0.612. The molecule has 0 atom stereocenters. The molecule has 2 aromatic rings. The fourth-order valence-electron chi connectivity index (χ4n) is 1.28. The van der Waals surface area contributed by atoms with Crippen molar-refractivity contribution in [3.63, 3.8) is 0 Å². The minimum atomic E-state index is 0.234. The van der Waals surface area contributed by atoms with Crippen LogP contribution in [0.1, 0.15) is 25.5 Å². The molecule has 0 fully saturated rings.